The predicted octanol–water partition coefficient (Wildman–Crippen LogP) is 5.61. The Morgan fingerprint density at radius 3 is 2.68 bits per heavy atom. The summed E-state index contributed by atoms with van der Waals surface area (Å²) < 4.78 is 0. The topological polar surface area (TPSA) is 67.4 Å². The Bertz CT molecular complexity index is 1070. The highest BCUT2D eigenvalue weighted by molar-refractivity contribution is 6.43. The molecule has 1 spiro atoms. The number of anilines is 1. The molecule has 0 amide bonds. The fraction of sp³-hybridized carbons (Fsp3) is 0.375. The molecule has 1 fully saturated rings. The summed E-state index contributed by atoms with van der Waals surface area (Å²) in [4.78, 5) is 16.1. The van der Waals surface area contributed by atoms with Crippen LogP contribution in [0.2, 0.25) is 10.0 Å². The first-order valence-corrected chi connectivity index (χ1v) is 11.3. The van der Waals surface area contributed by atoms with E-state index in [0.717, 1.165) is 66.4 Å². The second-order valence-corrected chi connectivity index (χ2v) is 9.11. The third kappa shape index (κ3) is 3.91. The monoisotopic (exact) mass is 455 g/mol. The van der Waals surface area contributed by atoms with Crippen molar-refractivity contribution < 1.29 is 0 Å². The molecule has 1 saturated heterocycles. The number of rotatable bonds is 4. The van der Waals surface area contributed by atoms with Crippen LogP contribution in [0.25, 0.3) is 11.3 Å². The van der Waals surface area contributed by atoms with E-state index >= 15 is 0 Å². The molecule has 162 valence electrons. The van der Waals surface area contributed by atoms with Crippen molar-refractivity contribution in [3.8, 4) is 11.3 Å². The van der Waals surface area contributed by atoms with Crippen LogP contribution in [-0.2, 0) is 0 Å². The van der Waals surface area contributed by atoms with Crippen LogP contribution in [0, 0.1) is 12.3 Å². The first-order valence-electron chi connectivity index (χ1n) is 10.5. The summed E-state index contributed by atoms with van der Waals surface area (Å²) in [5.74, 6) is 0.879. The average molecular weight is 456 g/mol. The van der Waals surface area contributed by atoms with E-state index in [2.05, 4.69) is 27.7 Å². The third-order valence-corrected chi connectivity index (χ3v) is 7.43. The zero-order valence-corrected chi connectivity index (χ0v) is 19.4. The van der Waals surface area contributed by atoms with E-state index in [1.807, 2.05) is 38.3 Å². The summed E-state index contributed by atoms with van der Waals surface area (Å²) in [5.41, 5.74) is 11.3. The first kappa shape index (κ1) is 22.0. The number of aromatic nitrogens is 2. The van der Waals surface area contributed by atoms with Crippen LogP contribution in [0.1, 0.15) is 31.9 Å². The van der Waals surface area contributed by atoms with Gasteiger partial charge >= 0.3 is 0 Å². The van der Waals surface area contributed by atoms with Crippen molar-refractivity contribution >= 4 is 35.7 Å². The molecule has 0 saturated carbocycles. The second-order valence-electron chi connectivity index (χ2n) is 8.33. The van der Waals surface area contributed by atoms with Crippen LogP contribution < -0.4 is 10.6 Å². The van der Waals surface area contributed by atoms with Gasteiger partial charge in [-0.1, -0.05) is 47.5 Å². The Labute approximate surface area is 193 Å². The van der Waals surface area contributed by atoms with Crippen molar-refractivity contribution in [3.63, 3.8) is 0 Å². The van der Waals surface area contributed by atoms with Gasteiger partial charge < -0.3 is 10.6 Å². The lowest BCUT2D eigenvalue weighted by Crippen LogP contribution is -2.48. The number of piperidine rings is 1. The zero-order valence-electron chi connectivity index (χ0n) is 17.9. The van der Waals surface area contributed by atoms with Crippen LogP contribution in [0.3, 0.4) is 0 Å². The van der Waals surface area contributed by atoms with Crippen LogP contribution in [0.4, 0.5) is 5.82 Å². The Balaban J connectivity index is 1.52. The van der Waals surface area contributed by atoms with Crippen molar-refractivity contribution in [1.82, 2.24) is 9.97 Å². The van der Waals surface area contributed by atoms with Gasteiger partial charge in [0.05, 0.1) is 27.6 Å². The number of hydrogen-bond donors (Lipinski definition) is 1. The van der Waals surface area contributed by atoms with Crippen LogP contribution >= 0.6 is 23.2 Å². The number of hydrogen-bond acceptors (Lipinski definition) is 5. The van der Waals surface area contributed by atoms with Crippen LogP contribution in [0.5, 0.6) is 0 Å². The summed E-state index contributed by atoms with van der Waals surface area (Å²) in [5, 5.41) is 1.01. The highest BCUT2D eigenvalue weighted by Crippen LogP contribution is 2.49. The molecule has 1 aromatic heterocycles. The molecule has 1 aliphatic heterocycles. The van der Waals surface area contributed by atoms with Crippen LogP contribution in [-0.4, -0.2) is 35.8 Å². The van der Waals surface area contributed by atoms with Crippen molar-refractivity contribution in [2.75, 3.05) is 18.0 Å². The Hall–Kier alpha value is -2.21. The van der Waals surface area contributed by atoms with Gasteiger partial charge in [-0.2, -0.15) is 0 Å². The highest BCUT2D eigenvalue weighted by Gasteiger charge is 2.46. The third-order valence-electron chi connectivity index (χ3n) is 6.61. The van der Waals surface area contributed by atoms with Gasteiger partial charge in [-0.25, -0.2) is 4.98 Å². The predicted molar refractivity (Wildman–Crippen MR) is 130 cm³/mol. The SMILES string of the molecule is C=NC1=C(/C=C\C)[C@@H](N)C2(CCN(c3cnc(-c4cccc(Cl)c4Cl)c(C)n3)CC2)C1. The van der Waals surface area contributed by atoms with Gasteiger partial charge in [0.1, 0.15) is 5.82 Å². The molecule has 1 aromatic carbocycles. The van der Waals surface area contributed by atoms with Crippen molar-refractivity contribution in [3.05, 3.63) is 63.6 Å². The number of nitrogens with two attached hydrogens (primary N) is 1. The van der Waals surface area contributed by atoms with Gasteiger partial charge in [-0.05, 0) is 56.9 Å². The molecule has 2 aliphatic rings. The number of halogens is 2. The molecule has 1 atom stereocenters. The fourth-order valence-corrected chi connectivity index (χ4v) is 5.21. The highest BCUT2D eigenvalue weighted by atomic mass is 35.5. The molecule has 5 nitrogen and oxygen atoms in total. The Morgan fingerprint density at radius 1 is 1.29 bits per heavy atom. The molecule has 0 unspecified atom stereocenters. The molecule has 7 heteroatoms. The summed E-state index contributed by atoms with van der Waals surface area (Å²) in [7, 11) is 0. The van der Waals surface area contributed by atoms with Gasteiger partial charge in [-0.15, -0.1) is 0 Å². The van der Waals surface area contributed by atoms with Gasteiger partial charge in [0.2, 0.25) is 0 Å². The maximum atomic E-state index is 6.69. The fourth-order valence-electron chi connectivity index (χ4n) is 4.82. The maximum Gasteiger partial charge on any atom is 0.147 e. The second kappa shape index (κ2) is 8.73. The quantitative estimate of drug-likeness (QED) is 0.608. The van der Waals surface area contributed by atoms with Gasteiger partial charge in [0.15, 0.2) is 0 Å². The van der Waals surface area contributed by atoms with Crippen LogP contribution in [0.15, 0.2) is 52.8 Å². The van der Waals surface area contributed by atoms with Gasteiger partial charge in [0.25, 0.3) is 0 Å². The molecule has 0 radical (unpaired) electrons. The minimum absolute atomic E-state index is 0.00785. The molecular weight excluding hydrogens is 429 g/mol. The average Bonchev–Trinajstić information content (AvgIpc) is 3.02. The van der Waals surface area contributed by atoms with Crippen molar-refractivity contribution in [1.29, 1.82) is 0 Å². The smallest absolute Gasteiger partial charge is 0.147 e. The summed E-state index contributed by atoms with van der Waals surface area (Å²) in [6.07, 6.45) is 8.80. The molecule has 1 aliphatic carbocycles. The van der Waals surface area contributed by atoms with E-state index in [1.165, 1.54) is 0 Å². The van der Waals surface area contributed by atoms with E-state index < -0.39 is 0 Å². The van der Waals surface area contributed by atoms with Gasteiger partial charge in [-0.3, -0.25) is 9.98 Å². The summed E-state index contributed by atoms with van der Waals surface area (Å²) in [6.45, 7) is 9.49. The van der Waals surface area contributed by atoms with E-state index in [4.69, 9.17) is 33.9 Å². The lowest BCUT2D eigenvalue weighted by Gasteiger charge is -2.43. The van der Waals surface area contributed by atoms with Gasteiger partial charge in [0, 0.05) is 30.4 Å². The minimum atomic E-state index is -0.00785. The van der Waals surface area contributed by atoms with E-state index in [-0.39, 0.29) is 11.5 Å². The number of aryl methyl sites for hydroxylation is 1. The molecular formula is C24H27Cl2N5. The van der Waals surface area contributed by atoms with E-state index in [1.54, 1.807) is 6.07 Å². The van der Waals surface area contributed by atoms with E-state index in [0.29, 0.717) is 10.0 Å². The number of aliphatic imine (C=N–C) groups is 1. The van der Waals surface area contributed by atoms with E-state index in [9.17, 15) is 0 Å². The Morgan fingerprint density at radius 2 is 2.03 bits per heavy atom. The summed E-state index contributed by atoms with van der Waals surface area (Å²) in [6, 6.07) is 5.55. The standard InChI is InChI=1S/C24H27Cl2N5/c1-4-6-16-19(28-3)13-24(23(16)27)9-11-31(12-10-24)20-14-29-22(15(2)30-20)17-7-5-8-18(25)21(17)26/h4-8,14,23H,3,9-13,27H2,1-2H3/b6-4-/t23-/m1/s1. The molecule has 31 heavy (non-hydrogen) atoms. The Kier molecular flexibility index (Phi) is 6.20. The lowest BCUT2D eigenvalue weighted by atomic mass is 9.72. The molecule has 4 rings (SSSR count). The zero-order chi connectivity index (χ0) is 22.2. The molecule has 2 heterocycles. The number of benzene rings is 1. The molecule has 0 bridgehead atoms. The minimum Gasteiger partial charge on any atom is -0.355 e. The largest absolute Gasteiger partial charge is 0.355 e. The number of allylic oxidation sites excluding steroid dienone is 2. The lowest BCUT2D eigenvalue weighted by molar-refractivity contribution is 0.203. The number of nitrogens with zero attached hydrogens (tertiary/aromatic N) is 4. The van der Waals surface area contributed by atoms with Crippen molar-refractivity contribution in [2.45, 2.75) is 39.2 Å². The first-order chi connectivity index (χ1) is 14.9. The summed E-state index contributed by atoms with van der Waals surface area (Å²) >= 11 is 12.6. The molecule has 2 aromatic rings. The van der Waals surface area contributed by atoms with Crippen molar-refractivity contribution in [2.24, 2.45) is 16.1 Å². The maximum absolute atomic E-state index is 6.69. The normalized spacial score (nSPS) is 20.8. The molecule has 2 N–H and O–H groups in total.